The average molecular weight is 453 g/mol. The molecule has 9 nitrogen and oxygen atoms in total. The zero-order chi connectivity index (χ0) is 22.7. The van der Waals surface area contributed by atoms with Crippen LogP contribution in [0.1, 0.15) is 40.6 Å². The van der Waals surface area contributed by atoms with Gasteiger partial charge < -0.3 is 14.5 Å². The van der Waals surface area contributed by atoms with Crippen LogP contribution in [0, 0.1) is 0 Å². The minimum absolute atomic E-state index is 0.0128. The highest BCUT2D eigenvalue weighted by Crippen LogP contribution is 2.31. The second kappa shape index (κ2) is 8.75. The first-order valence-corrected chi connectivity index (χ1v) is 11.1. The van der Waals surface area contributed by atoms with Gasteiger partial charge in [-0.05, 0) is 30.2 Å². The largest absolute Gasteiger partial charge is 0.465 e. The number of aromatic nitrogens is 1. The van der Waals surface area contributed by atoms with E-state index in [0.717, 1.165) is 5.56 Å². The molecule has 1 unspecified atom stereocenters. The van der Waals surface area contributed by atoms with E-state index in [1.165, 1.54) is 37.8 Å². The first kappa shape index (κ1) is 21.4. The van der Waals surface area contributed by atoms with Gasteiger partial charge in [0, 0.05) is 6.42 Å². The van der Waals surface area contributed by atoms with E-state index in [0.29, 0.717) is 12.3 Å². The predicted octanol–water partition coefficient (Wildman–Crippen LogP) is 3.16. The number of nitrogens with one attached hydrogen (secondary N) is 1. The van der Waals surface area contributed by atoms with E-state index in [2.05, 4.69) is 19.4 Å². The third-order valence-corrected chi connectivity index (χ3v) is 6.34. The Morgan fingerprint density at radius 3 is 2.62 bits per heavy atom. The number of ketones is 1. The quantitative estimate of drug-likeness (QED) is 0.540. The lowest BCUT2D eigenvalue weighted by Gasteiger charge is -2.19. The normalized spacial score (nSPS) is 15.1. The minimum Gasteiger partial charge on any atom is -0.465 e. The van der Waals surface area contributed by atoms with Crippen LogP contribution in [0.4, 0.5) is 5.69 Å². The zero-order valence-electron chi connectivity index (χ0n) is 17.0. The van der Waals surface area contributed by atoms with Crippen LogP contribution >= 0.6 is 0 Å². The number of rotatable bonds is 7. The molecule has 0 saturated carbocycles. The van der Waals surface area contributed by atoms with Gasteiger partial charge in [0.1, 0.15) is 11.2 Å². The summed E-state index contributed by atoms with van der Waals surface area (Å²) in [5.41, 5.74) is 1.16. The molecule has 0 spiro atoms. The number of hydrogen-bond donors (Lipinski definition) is 1. The lowest BCUT2D eigenvalue weighted by molar-refractivity contribution is -0.113. The van der Waals surface area contributed by atoms with Crippen molar-refractivity contribution in [3.63, 3.8) is 0 Å². The number of esters is 1. The SMILES string of the molecule is COC(=O)c1ccc2c(c1)S(=O)(=O)N=C(C(=O)CCC(c1ccccc1)c1ncco1)N2. The number of sulfonamides is 1. The number of benzene rings is 2. The number of fused-ring (bicyclic) bond motifs is 1. The number of amidine groups is 1. The first-order valence-electron chi connectivity index (χ1n) is 9.71. The molecule has 3 aromatic rings. The molecule has 10 heteroatoms. The molecule has 1 N–H and O–H groups in total. The zero-order valence-corrected chi connectivity index (χ0v) is 17.8. The molecule has 1 aliphatic heterocycles. The third kappa shape index (κ3) is 4.30. The Morgan fingerprint density at radius 2 is 1.94 bits per heavy atom. The molecule has 0 bridgehead atoms. The molecule has 0 radical (unpaired) electrons. The Morgan fingerprint density at radius 1 is 1.16 bits per heavy atom. The monoisotopic (exact) mass is 453 g/mol. The van der Waals surface area contributed by atoms with Crippen molar-refractivity contribution in [2.75, 3.05) is 12.4 Å². The van der Waals surface area contributed by atoms with Gasteiger partial charge in [0.2, 0.25) is 5.89 Å². The Kier molecular flexibility index (Phi) is 5.87. The van der Waals surface area contributed by atoms with Crippen molar-refractivity contribution >= 4 is 33.3 Å². The van der Waals surface area contributed by atoms with Crippen LogP contribution in [0.15, 0.2) is 74.7 Å². The van der Waals surface area contributed by atoms with E-state index in [4.69, 9.17) is 4.42 Å². The van der Waals surface area contributed by atoms with Crippen molar-refractivity contribution in [3.05, 3.63) is 78.0 Å². The van der Waals surface area contributed by atoms with E-state index in [9.17, 15) is 18.0 Å². The molecule has 164 valence electrons. The topological polar surface area (TPSA) is 128 Å². The Labute approximate surface area is 184 Å². The molecule has 4 rings (SSSR count). The van der Waals surface area contributed by atoms with Crippen molar-refractivity contribution in [1.29, 1.82) is 0 Å². The van der Waals surface area contributed by atoms with Crippen LogP contribution in [0.5, 0.6) is 0 Å². The Balaban J connectivity index is 1.55. The summed E-state index contributed by atoms with van der Waals surface area (Å²) >= 11 is 0. The molecule has 2 heterocycles. The van der Waals surface area contributed by atoms with Gasteiger partial charge in [0.05, 0.1) is 30.5 Å². The second-order valence-corrected chi connectivity index (χ2v) is 8.61. The number of anilines is 1. The second-order valence-electron chi connectivity index (χ2n) is 7.04. The molecule has 2 aromatic carbocycles. The predicted molar refractivity (Wildman–Crippen MR) is 115 cm³/mol. The summed E-state index contributed by atoms with van der Waals surface area (Å²) in [4.78, 5) is 28.6. The number of oxazole rings is 1. The lowest BCUT2D eigenvalue weighted by atomic mass is 9.93. The van der Waals surface area contributed by atoms with Gasteiger partial charge in [-0.25, -0.2) is 9.78 Å². The van der Waals surface area contributed by atoms with Crippen LogP contribution < -0.4 is 5.32 Å². The Bertz CT molecular complexity index is 1280. The van der Waals surface area contributed by atoms with Gasteiger partial charge in [0.25, 0.3) is 10.0 Å². The molecule has 0 aliphatic carbocycles. The highest BCUT2D eigenvalue weighted by atomic mass is 32.2. The summed E-state index contributed by atoms with van der Waals surface area (Å²) in [6.07, 6.45) is 3.36. The summed E-state index contributed by atoms with van der Waals surface area (Å²) in [5.74, 6) is -1.22. The fourth-order valence-corrected chi connectivity index (χ4v) is 4.60. The maximum Gasteiger partial charge on any atom is 0.337 e. The third-order valence-electron chi connectivity index (χ3n) is 5.02. The van der Waals surface area contributed by atoms with Gasteiger partial charge in [0.15, 0.2) is 11.6 Å². The van der Waals surface area contributed by atoms with Crippen LogP contribution in [-0.2, 0) is 19.6 Å². The van der Waals surface area contributed by atoms with Crippen molar-refractivity contribution in [2.45, 2.75) is 23.7 Å². The number of methoxy groups -OCH3 is 1. The van der Waals surface area contributed by atoms with Crippen molar-refractivity contribution in [3.8, 4) is 0 Å². The van der Waals surface area contributed by atoms with E-state index in [1.54, 1.807) is 0 Å². The molecule has 0 saturated heterocycles. The van der Waals surface area contributed by atoms with Crippen molar-refractivity contribution < 1.29 is 27.2 Å². The fraction of sp³-hybridized carbons (Fsp3) is 0.182. The lowest BCUT2D eigenvalue weighted by Crippen LogP contribution is -2.29. The molecule has 1 atom stereocenters. The summed E-state index contributed by atoms with van der Waals surface area (Å²) in [7, 11) is -2.97. The van der Waals surface area contributed by atoms with E-state index in [-0.39, 0.29) is 34.3 Å². The summed E-state index contributed by atoms with van der Waals surface area (Å²) in [6.45, 7) is 0. The molecule has 1 aromatic heterocycles. The average Bonchev–Trinajstić information content (AvgIpc) is 3.33. The number of carbonyl (C=O) groups is 2. The van der Waals surface area contributed by atoms with Crippen LogP contribution in [-0.4, -0.2) is 38.1 Å². The number of carbonyl (C=O) groups excluding carboxylic acids is 2. The smallest absolute Gasteiger partial charge is 0.337 e. The van der Waals surface area contributed by atoms with E-state index < -0.39 is 21.8 Å². The number of nitrogens with zero attached hydrogens (tertiary/aromatic N) is 2. The fourth-order valence-electron chi connectivity index (χ4n) is 3.44. The summed E-state index contributed by atoms with van der Waals surface area (Å²) < 4.78 is 39.0. The van der Waals surface area contributed by atoms with Crippen LogP contribution in [0.3, 0.4) is 0 Å². The molecular formula is C22H19N3O6S. The molecule has 32 heavy (non-hydrogen) atoms. The number of ether oxygens (including phenoxy) is 1. The van der Waals surface area contributed by atoms with E-state index in [1.807, 2.05) is 30.3 Å². The Hall–Kier alpha value is -3.79. The first-order chi connectivity index (χ1) is 15.4. The summed E-state index contributed by atoms with van der Waals surface area (Å²) in [6, 6.07) is 13.5. The molecule has 0 amide bonds. The summed E-state index contributed by atoms with van der Waals surface area (Å²) in [5, 5.41) is 2.76. The van der Waals surface area contributed by atoms with Crippen LogP contribution in [0.25, 0.3) is 0 Å². The minimum atomic E-state index is -4.17. The number of Topliss-reactive ketones (excluding diaryl/α,β-unsaturated/α-hetero) is 1. The molecule has 0 fully saturated rings. The highest BCUT2D eigenvalue weighted by molar-refractivity contribution is 7.90. The molecule has 1 aliphatic rings. The van der Waals surface area contributed by atoms with Crippen molar-refractivity contribution in [2.24, 2.45) is 4.40 Å². The number of hydrogen-bond acceptors (Lipinski definition) is 8. The van der Waals surface area contributed by atoms with Crippen LogP contribution in [0.2, 0.25) is 0 Å². The molecular weight excluding hydrogens is 434 g/mol. The maximum atomic E-state index is 12.8. The maximum absolute atomic E-state index is 12.8. The van der Waals surface area contributed by atoms with Gasteiger partial charge in [-0.1, -0.05) is 30.3 Å². The van der Waals surface area contributed by atoms with Gasteiger partial charge in [-0.2, -0.15) is 8.42 Å². The van der Waals surface area contributed by atoms with Gasteiger partial charge in [-0.3, -0.25) is 4.79 Å². The standard InChI is InChI=1S/C22H19N3O6S/c1-30-22(27)15-7-9-17-19(13-15)32(28,29)25-20(24-17)18(26)10-8-16(21-23-11-12-31-21)14-5-3-2-4-6-14/h2-7,9,11-13,16H,8,10H2,1H3,(H,24,25). The van der Waals surface area contributed by atoms with Crippen molar-refractivity contribution in [1.82, 2.24) is 4.98 Å². The highest BCUT2D eigenvalue weighted by Gasteiger charge is 2.30. The van der Waals surface area contributed by atoms with Gasteiger partial charge in [-0.15, -0.1) is 4.40 Å². The van der Waals surface area contributed by atoms with Gasteiger partial charge >= 0.3 is 5.97 Å². The van der Waals surface area contributed by atoms with E-state index >= 15 is 0 Å².